The molecule has 0 bridgehead atoms. The van der Waals surface area contributed by atoms with Crippen LogP contribution in [0.1, 0.15) is 31.4 Å². The number of piperidine rings is 1. The highest BCUT2D eigenvalue weighted by Crippen LogP contribution is 2.35. The molecule has 5 rings (SSSR count). The number of benzene rings is 1. The smallest absolute Gasteiger partial charge is 0.314 e. The number of aryl methyl sites for hydroxylation is 1. The number of nitrogens with two attached hydrogens (primary N) is 1. The first-order valence-corrected chi connectivity index (χ1v) is 17.4. The number of pyridine rings is 1. The van der Waals surface area contributed by atoms with Crippen LogP contribution in [0, 0.1) is 5.92 Å². The van der Waals surface area contributed by atoms with E-state index in [1.165, 1.54) is 6.20 Å². The van der Waals surface area contributed by atoms with Crippen LogP contribution in [0.15, 0.2) is 36.8 Å². The fraction of sp³-hybridized carbons (Fsp3) is 0.464. The van der Waals surface area contributed by atoms with Crippen LogP contribution in [-0.4, -0.2) is 62.5 Å². The predicted octanol–water partition coefficient (Wildman–Crippen LogP) is 4.15. The Hall–Kier alpha value is -3.77. The predicted molar refractivity (Wildman–Crippen MR) is 158 cm³/mol. The minimum atomic E-state index is -1.24. The SMILES string of the molecule is C[C@H]1CC[C@H](c2ccc3nn(C)cc3c2)N(C(=O)C(=O)Nc2cnc(N)c3cnn(COCC[Si](C)(C)C)c23)C1. The van der Waals surface area contributed by atoms with Gasteiger partial charge in [0.25, 0.3) is 0 Å². The van der Waals surface area contributed by atoms with Crippen LogP contribution >= 0.6 is 0 Å². The number of aromatic nitrogens is 5. The highest BCUT2D eigenvalue weighted by molar-refractivity contribution is 6.76. The third-order valence-corrected chi connectivity index (χ3v) is 9.17. The van der Waals surface area contributed by atoms with E-state index in [0.29, 0.717) is 35.6 Å². The van der Waals surface area contributed by atoms with Crippen molar-refractivity contribution < 1.29 is 14.3 Å². The van der Waals surface area contributed by atoms with Crippen LogP contribution in [0.25, 0.3) is 21.8 Å². The van der Waals surface area contributed by atoms with Crippen molar-refractivity contribution in [1.29, 1.82) is 0 Å². The molecule has 1 aromatic carbocycles. The fourth-order valence-electron chi connectivity index (χ4n) is 5.25. The number of rotatable bonds is 7. The first-order chi connectivity index (χ1) is 19.0. The van der Waals surface area contributed by atoms with Gasteiger partial charge in [-0.15, -0.1) is 0 Å². The molecule has 2 atom stereocenters. The highest BCUT2D eigenvalue weighted by Gasteiger charge is 2.35. The molecule has 3 aromatic heterocycles. The summed E-state index contributed by atoms with van der Waals surface area (Å²) in [5.41, 5.74) is 8.94. The molecule has 4 aromatic rings. The van der Waals surface area contributed by atoms with Gasteiger partial charge in [0.15, 0.2) is 0 Å². The molecule has 0 aliphatic carbocycles. The number of ether oxygens (including phenoxy) is 1. The number of carbonyl (C=O) groups excluding carboxylic acids is 2. The second kappa shape index (κ2) is 11.0. The van der Waals surface area contributed by atoms with Crippen molar-refractivity contribution in [3.63, 3.8) is 0 Å². The molecular weight excluding hydrogens is 524 g/mol. The molecule has 212 valence electrons. The molecule has 3 N–H and O–H groups in total. The van der Waals surface area contributed by atoms with Crippen LogP contribution < -0.4 is 11.1 Å². The number of likely N-dealkylation sites (tertiary alicyclic amines) is 1. The van der Waals surface area contributed by atoms with Gasteiger partial charge < -0.3 is 20.7 Å². The van der Waals surface area contributed by atoms with E-state index < -0.39 is 19.9 Å². The Morgan fingerprint density at radius 3 is 2.77 bits per heavy atom. The second-order valence-electron chi connectivity index (χ2n) is 12.0. The Bertz CT molecular complexity index is 1560. The van der Waals surface area contributed by atoms with E-state index in [9.17, 15) is 9.59 Å². The number of nitrogens with zero attached hydrogens (tertiary/aromatic N) is 6. The van der Waals surface area contributed by atoms with Crippen molar-refractivity contribution in [2.45, 2.75) is 58.2 Å². The zero-order valence-electron chi connectivity index (χ0n) is 23.8. The zero-order chi connectivity index (χ0) is 28.6. The Morgan fingerprint density at radius 1 is 1.20 bits per heavy atom. The molecular formula is C28H38N8O3Si. The highest BCUT2D eigenvalue weighted by atomic mass is 28.3. The maximum Gasteiger partial charge on any atom is 0.314 e. The van der Waals surface area contributed by atoms with Gasteiger partial charge in [0, 0.05) is 39.9 Å². The second-order valence-corrected chi connectivity index (χ2v) is 17.7. The molecule has 1 fully saturated rings. The maximum absolute atomic E-state index is 13.6. The number of amides is 2. The molecule has 0 radical (unpaired) electrons. The summed E-state index contributed by atoms with van der Waals surface area (Å²) in [7, 11) is 0.646. The molecule has 1 aliphatic rings. The Balaban J connectivity index is 1.37. The van der Waals surface area contributed by atoms with Crippen molar-refractivity contribution in [3.8, 4) is 0 Å². The minimum Gasteiger partial charge on any atom is -0.383 e. The van der Waals surface area contributed by atoms with Crippen LogP contribution in [-0.2, 0) is 28.1 Å². The van der Waals surface area contributed by atoms with E-state index in [2.05, 4.69) is 53.1 Å². The summed E-state index contributed by atoms with van der Waals surface area (Å²) in [6.07, 6.45) is 6.78. The van der Waals surface area contributed by atoms with E-state index >= 15 is 0 Å². The van der Waals surface area contributed by atoms with Crippen molar-refractivity contribution in [2.75, 3.05) is 24.2 Å². The molecule has 12 heteroatoms. The van der Waals surface area contributed by atoms with Gasteiger partial charge >= 0.3 is 11.8 Å². The number of nitrogen functional groups attached to an aromatic ring is 1. The lowest BCUT2D eigenvalue weighted by Gasteiger charge is -2.38. The van der Waals surface area contributed by atoms with Gasteiger partial charge in [-0.05, 0) is 42.5 Å². The lowest BCUT2D eigenvalue weighted by atomic mass is 9.89. The van der Waals surface area contributed by atoms with Gasteiger partial charge in [0.2, 0.25) is 0 Å². The number of hydrogen-bond acceptors (Lipinski definition) is 7. The summed E-state index contributed by atoms with van der Waals surface area (Å²) in [4.78, 5) is 33.0. The summed E-state index contributed by atoms with van der Waals surface area (Å²) in [6.45, 7) is 10.3. The van der Waals surface area contributed by atoms with Gasteiger partial charge in [-0.2, -0.15) is 10.2 Å². The van der Waals surface area contributed by atoms with Crippen LogP contribution in [0.4, 0.5) is 11.5 Å². The number of fused-ring (bicyclic) bond motifs is 2. The number of anilines is 2. The lowest BCUT2D eigenvalue weighted by Crippen LogP contribution is -2.46. The number of nitrogens with one attached hydrogen (secondary N) is 1. The fourth-order valence-corrected chi connectivity index (χ4v) is 6.00. The van der Waals surface area contributed by atoms with E-state index in [1.807, 2.05) is 25.4 Å². The average molecular weight is 563 g/mol. The molecule has 0 spiro atoms. The van der Waals surface area contributed by atoms with Gasteiger partial charge in [-0.25, -0.2) is 9.67 Å². The van der Waals surface area contributed by atoms with E-state index in [-0.39, 0.29) is 18.7 Å². The van der Waals surface area contributed by atoms with Crippen LogP contribution in [0.3, 0.4) is 0 Å². The van der Waals surface area contributed by atoms with Crippen molar-refractivity contribution in [2.24, 2.45) is 13.0 Å². The summed E-state index contributed by atoms with van der Waals surface area (Å²) in [5, 5.41) is 13.3. The Labute approximate surface area is 234 Å². The third kappa shape index (κ3) is 5.87. The largest absolute Gasteiger partial charge is 0.383 e. The number of carbonyl (C=O) groups is 2. The maximum atomic E-state index is 13.6. The van der Waals surface area contributed by atoms with E-state index in [1.54, 1.807) is 20.5 Å². The van der Waals surface area contributed by atoms with Crippen molar-refractivity contribution >= 4 is 53.2 Å². The first-order valence-electron chi connectivity index (χ1n) is 13.7. The zero-order valence-corrected chi connectivity index (χ0v) is 24.8. The lowest BCUT2D eigenvalue weighted by molar-refractivity contribution is -0.146. The van der Waals surface area contributed by atoms with Crippen molar-refractivity contribution in [1.82, 2.24) is 29.4 Å². The van der Waals surface area contributed by atoms with Gasteiger partial charge in [-0.1, -0.05) is 32.6 Å². The first kappa shape index (κ1) is 27.8. The quantitative estimate of drug-likeness (QED) is 0.196. The Kier molecular flexibility index (Phi) is 7.65. The standard InChI is InChI=1S/C28H38N8O3Si/c1-18-6-9-24(19-7-8-22-20(12-19)16-34(2)33-22)35(15-18)28(38)27(37)32-23-14-30-26(29)21-13-31-36(25(21)23)17-39-10-11-40(3,4)5/h7-8,12-14,16,18,24H,6,9-11,15,17H2,1-5H3,(H2,29,30)(H,32,37)/t18-,24+/m0/s1. The summed E-state index contributed by atoms with van der Waals surface area (Å²) >= 11 is 0. The molecule has 0 unspecified atom stereocenters. The van der Waals surface area contributed by atoms with E-state index in [0.717, 1.165) is 35.4 Å². The van der Waals surface area contributed by atoms with Crippen LogP contribution in [0.5, 0.6) is 0 Å². The molecule has 4 heterocycles. The number of hydrogen-bond donors (Lipinski definition) is 2. The van der Waals surface area contributed by atoms with Crippen molar-refractivity contribution in [3.05, 3.63) is 42.4 Å². The molecule has 40 heavy (non-hydrogen) atoms. The Morgan fingerprint density at radius 2 is 2.00 bits per heavy atom. The minimum absolute atomic E-state index is 0.200. The third-order valence-electron chi connectivity index (χ3n) is 7.46. The average Bonchev–Trinajstić information content (AvgIpc) is 3.50. The monoisotopic (exact) mass is 562 g/mol. The van der Waals surface area contributed by atoms with Gasteiger partial charge in [0.1, 0.15) is 12.5 Å². The summed E-state index contributed by atoms with van der Waals surface area (Å²) in [5.74, 6) is -0.717. The molecule has 1 aliphatic heterocycles. The van der Waals surface area contributed by atoms with Gasteiger partial charge in [-0.3, -0.25) is 14.3 Å². The van der Waals surface area contributed by atoms with Crippen LogP contribution in [0.2, 0.25) is 25.7 Å². The van der Waals surface area contributed by atoms with E-state index in [4.69, 9.17) is 10.5 Å². The summed E-state index contributed by atoms with van der Waals surface area (Å²) < 4.78 is 9.31. The molecule has 0 saturated carbocycles. The normalized spacial score (nSPS) is 18.0. The molecule has 2 amide bonds. The van der Waals surface area contributed by atoms with Gasteiger partial charge in [0.05, 0.1) is 40.5 Å². The topological polar surface area (TPSA) is 133 Å². The molecule has 1 saturated heterocycles. The summed E-state index contributed by atoms with van der Waals surface area (Å²) in [6, 6.07) is 6.86. The molecule has 11 nitrogen and oxygen atoms in total.